The number of carbonyl (C=O) groups excluding carboxylic acids is 1. The molecular weight excluding hydrogens is 480 g/mol. The van der Waals surface area contributed by atoms with Gasteiger partial charge in [-0.05, 0) is 95.2 Å². The molecule has 6 rings (SSSR count). The molecule has 0 aromatic heterocycles. The maximum atomic E-state index is 13.1. The summed E-state index contributed by atoms with van der Waals surface area (Å²) in [6.07, 6.45) is 6.68. The Labute approximate surface area is 227 Å². The average molecular weight is 527 g/mol. The third-order valence-electron chi connectivity index (χ3n) is 10.1. The Hall–Kier alpha value is -1.83. The molecule has 38 heavy (non-hydrogen) atoms. The van der Waals surface area contributed by atoms with E-state index >= 15 is 0 Å². The van der Waals surface area contributed by atoms with Gasteiger partial charge in [0.2, 0.25) is 0 Å². The van der Waals surface area contributed by atoms with Crippen molar-refractivity contribution in [1.29, 1.82) is 0 Å². The lowest BCUT2D eigenvalue weighted by Crippen LogP contribution is -2.67. The molecule has 2 saturated carbocycles. The lowest BCUT2D eigenvalue weighted by atomic mass is 9.51. The van der Waals surface area contributed by atoms with E-state index in [0.29, 0.717) is 30.1 Å². The van der Waals surface area contributed by atoms with Crippen LogP contribution in [0.15, 0.2) is 12.1 Å². The summed E-state index contributed by atoms with van der Waals surface area (Å²) in [6.45, 7) is 12.9. The Morgan fingerprint density at radius 3 is 2.71 bits per heavy atom. The number of benzene rings is 1. The van der Waals surface area contributed by atoms with E-state index in [-0.39, 0.29) is 29.1 Å². The molecule has 3 aliphatic carbocycles. The van der Waals surface area contributed by atoms with E-state index in [9.17, 15) is 9.90 Å². The van der Waals surface area contributed by atoms with Crippen molar-refractivity contribution in [2.24, 2.45) is 17.8 Å². The lowest BCUT2D eigenvalue weighted by molar-refractivity contribution is -0.107. The molecule has 2 aliphatic heterocycles. The van der Waals surface area contributed by atoms with Gasteiger partial charge in [-0.15, -0.1) is 0 Å². The predicted molar refractivity (Wildman–Crippen MR) is 146 cm³/mol. The fraction of sp³-hybridized carbons (Fsp3) is 0.774. The van der Waals surface area contributed by atoms with Crippen LogP contribution in [0.3, 0.4) is 0 Å². The van der Waals surface area contributed by atoms with E-state index in [0.717, 1.165) is 38.1 Å². The number of likely N-dealkylation sites (tertiary alicyclic amines) is 1. The third-order valence-corrected chi connectivity index (χ3v) is 10.1. The number of ether oxygens (including phenoxy) is 3. The van der Waals surface area contributed by atoms with Crippen LogP contribution in [0.4, 0.5) is 4.79 Å². The van der Waals surface area contributed by atoms with Gasteiger partial charge in [0.05, 0.1) is 24.4 Å². The van der Waals surface area contributed by atoms with E-state index in [1.165, 1.54) is 36.9 Å². The molecule has 6 atom stereocenters. The average Bonchev–Trinajstić information content (AvgIpc) is 3.17. The molecule has 0 radical (unpaired) electrons. The number of rotatable bonds is 7. The normalized spacial score (nSPS) is 32.8. The SMILES string of the molecule is CC(C)C(COC(C)(C)C)NC(=O)Oc1ccc2c3c1O[C@H]1[C@@H](O)CCC4[C@@H](C2)N(CC2CCC2)CC[C@@]341. The molecule has 1 aromatic carbocycles. The lowest BCUT2D eigenvalue weighted by Gasteiger charge is -2.59. The van der Waals surface area contributed by atoms with Crippen LogP contribution in [-0.2, 0) is 16.6 Å². The number of amides is 1. The first kappa shape index (κ1) is 26.4. The van der Waals surface area contributed by atoms with Gasteiger partial charge < -0.3 is 24.6 Å². The van der Waals surface area contributed by atoms with Crippen molar-refractivity contribution in [2.75, 3.05) is 19.7 Å². The van der Waals surface area contributed by atoms with E-state index in [2.05, 4.69) is 30.1 Å². The maximum absolute atomic E-state index is 13.1. The molecule has 7 nitrogen and oxygen atoms in total. The van der Waals surface area contributed by atoms with E-state index in [1.807, 2.05) is 26.8 Å². The van der Waals surface area contributed by atoms with Gasteiger partial charge >= 0.3 is 6.09 Å². The van der Waals surface area contributed by atoms with Crippen molar-refractivity contribution in [1.82, 2.24) is 10.2 Å². The number of aliphatic hydroxyl groups is 1. The molecule has 1 saturated heterocycles. The zero-order valence-corrected chi connectivity index (χ0v) is 23.8. The van der Waals surface area contributed by atoms with Crippen molar-refractivity contribution < 1.29 is 24.1 Å². The molecule has 3 fully saturated rings. The Balaban J connectivity index is 1.26. The van der Waals surface area contributed by atoms with Crippen LogP contribution in [0.2, 0.25) is 0 Å². The third kappa shape index (κ3) is 4.43. The first-order valence-corrected chi connectivity index (χ1v) is 14.9. The van der Waals surface area contributed by atoms with E-state index in [4.69, 9.17) is 14.2 Å². The first-order valence-electron chi connectivity index (χ1n) is 14.9. The largest absolute Gasteiger partial charge is 0.483 e. The zero-order chi connectivity index (χ0) is 26.8. The minimum absolute atomic E-state index is 0.165. The minimum Gasteiger partial charge on any atom is -0.483 e. The van der Waals surface area contributed by atoms with E-state index < -0.39 is 12.2 Å². The molecule has 5 aliphatic rings. The fourth-order valence-corrected chi connectivity index (χ4v) is 7.92. The number of nitrogens with zero attached hydrogens (tertiary/aromatic N) is 1. The fourth-order valence-electron chi connectivity index (χ4n) is 7.92. The van der Waals surface area contributed by atoms with Crippen molar-refractivity contribution in [3.63, 3.8) is 0 Å². The Morgan fingerprint density at radius 2 is 2.03 bits per heavy atom. The van der Waals surface area contributed by atoms with Crippen molar-refractivity contribution >= 4 is 6.09 Å². The van der Waals surface area contributed by atoms with Gasteiger partial charge in [-0.25, -0.2) is 4.79 Å². The molecule has 2 unspecified atom stereocenters. The first-order chi connectivity index (χ1) is 18.1. The summed E-state index contributed by atoms with van der Waals surface area (Å²) in [5.41, 5.74) is 2.06. The molecule has 210 valence electrons. The van der Waals surface area contributed by atoms with Gasteiger partial charge in [-0.2, -0.15) is 0 Å². The standard InChI is InChI=1S/C31H46N2O5/c1-18(2)22(17-36-30(3,4)5)32-29(35)37-25-12-9-20-15-23-21-10-11-24(34)28-31(21,26(20)27(25)38-28)13-14-33(23)16-19-7-6-8-19/h9,12,18-19,21-24,28,34H,6-8,10-11,13-17H2,1-5H3,(H,32,35)/t21?,22?,23-,24+,28+,31+/m1/s1. The summed E-state index contributed by atoms with van der Waals surface area (Å²) in [5, 5.41) is 14.2. The van der Waals surface area contributed by atoms with Crippen LogP contribution in [0.25, 0.3) is 0 Å². The van der Waals surface area contributed by atoms with E-state index in [1.54, 1.807) is 0 Å². The van der Waals surface area contributed by atoms with Crippen LogP contribution >= 0.6 is 0 Å². The Morgan fingerprint density at radius 1 is 1.24 bits per heavy atom. The smallest absolute Gasteiger partial charge is 0.413 e. The number of hydrogen-bond acceptors (Lipinski definition) is 6. The highest BCUT2D eigenvalue weighted by Crippen LogP contribution is 2.64. The second-order valence-electron chi connectivity index (χ2n) is 13.9. The number of aliphatic hydroxyl groups excluding tert-OH is 1. The van der Waals surface area contributed by atoms with Crippen LogP contribution in [-0.4, -0.2) is 65.7 Å². The Bertz CT molecular complexity index is 1060. The summed E-state index contributed by atoms with van der Waals surface area (Å²) >= 11 is 0. The molecule has 1 aromatic rings. The number of hydrogen-bond donors (Lipinski definition) is 2. The molecule has 2 heterocycles. The van der Waals surface area contributed by atoms with Gasteiger partial charge in [-0.1, -0.05) is 26.3 Å². The van der Waals surface area contributed by atoms with Gasteiger partial charge in [0.25, 0.3) is 0 Å². The molecule has 7 heteroatoms. The van der Waals surface area contributed by atoms with Crippen molar-refractivity contribution in [3.05, 3.63) is 23.3 Å². The van der Waals surface area contributed by atoms with Gasteiger partial charge in [0.15, 0.2) is 11.5 Å². The zero-order valence-electron chi connectivity index (χ0n) is 23.8. The monoisotopic (exact) mass is 526 g/mol. The van der Waals surface area contributed by atoms with Crippen molar-refractivity contribution in [3.8, 4) is 11.5 Å². The summed E-state index contributed by atoms with van der Waals surface area (Å²) in [7, 11) is 0. The number of nitrogens with one attached hydrogen (secondary N) is 1. The highest BCUT2D eigenvalue weighted by atomic mass is 16.6. The molecule has 2 N–H and O–H groups in total. The van der Waals surface area contributed by atoms with Crippen LogP contribution < -0.4 is 14.8 Å². The number of piperidine rings is 1. The van der Waals surface area contributed by atoms with Gasteiger partial charge in [0.1, 0.15) is 6.10 Å². The quantitative estimate of drug-likeness (QED) is 0.531. The second-order valence-corrected chi connectivity index (χ2v) is 13.9. The highest BCUT2D eigenvalue weighted by molar-refractivity contribution is 5.73. The summed E-state index contributed by atoms with van der Waals surface area (Å²) < 4.78 is 18.5. The highest BCUT2D eigenvalue weighted by Gasteiger charge is 2.65. The van der Waals surface area contributed by atoms with Crippen molar-refractivity contribution in [2.45, 2.75) is 115 Å². The second kappa shape index (κ2) is 9.67. The number of carbonyl (C=O) groups is 1. The molecule has 1 spiro atoms. The summed E-state index contributed by atoms with van der Waals surface area (Å²) in [4.78, 5) is 15.8. The summed E-state index contributed by atoms with van der Waals surface area (Å²) in [6, 6.07) is 4.39. The molecular formula is C31H46N2O5. The predicted octanol–water partition coefficient (Wildman–Crippen LogP) is 4.81. The Kier molecular flexibility index (Phi) is 6.72. The van der Waals surface area contributed by atoms with Gasteiger partial charge in [-0.3, -0.25) is 4.90 Å². The minimum atomic E-state index is -0.495. The topological polar surface area (TPSA) is 80.3 Å². The molecule has 2 bridgehead atoms. The van der Waals surface area contributed by atoms with Crippen LogP contribution in [0, 0.1) is 17.8 Å². The van der Waals surface area contributed by atoms with Crippen LogP contribution in [0.1, 0.15) is 84.3 Å². The van der Waals surface area contributed by atoms with Crippen LogP contribution in [0.5, 0.6) is 11.5 Å². The molecule has 1 amide bonds. The summed E-state index contributed by atoms with van der Waals surface area (Å²) in [5.74, 6) is 2.67. The van der Waals surface area contributed by atoms with Gasteiger partial charge in [0, 0.05) is 23.6 Å². The maximum Gasteiger partial charge on any atom is 0.413 e.